The molecule has 0 aliphatic carbocycles. The number of para-hydroxylation sites is 1. The first-order valence-electron chi connectivity index (χ1n) is 10.5. The standard InChI is InChI=1S/C22H26N6O2/c1-16-15-27-18-19(23-21(27)28(16)17-9-5-3-6-10-17)24(2)22(30)26(20(18)29)14-13-25-11-7-4-8-12-25/h3,5-6,9-10,15H,4,7-8,11-14H2,1-2H3. The van der Waals surface area contributed by atoms with E-state index in [0.717, 1.165) is 24.5 Å². The Morgan fingerprint density at radius 2 is 1.73 bits per heavy atom. The van der Waals surface area contributed by atoms with Crippen molar-refractivity contribution in [2.45, 2.75) is 32.7 Å². The van der Waals surface area contributed by atoms with Crippen LogP contribution in [0.15, 0.2) is 46.1 Å². The zero-order chi connectivity index (χ0) is 20.8. The van der Waals surface area contributed by atoms with E-state index in [1.54, 1.807) is 7.05 Å². The van der Waals surface area contributed by atoms with Crippen molar-refractivity contribution in [1.29, 1.82) is 0 Å². The molecular formula is C22H26N6O2. The van der Waals surface area contributed by atoms with Gasteiger partial charge in [0.15, 0.2) is 11.2 Å². The number of benzene rings is 1. The first kappa shape index (κ1) is 18.9. The van der Waals surface area contributed by atoms with Gasteiger partial charge in [0.05, 0.1) is 0 Å². The molecule has 1 aromatic carbocycles. The van der Waals surface area contributed by atoms with E-state index in [4.69, 9.17) is 0 Å². The lowest BCUT2D eigenvalue weighted by atomic mass is 10.1. The zero-order valence-electron chi connectivity index (χ0n) is 17.4. The summed E-state index contributed by atoms with van der Waals surface area (Å²) in [7, 11) is 1.69. The fourth-order valence-corrected chi connectivity index (χ4v) is 4.53. The second kappa shape index (κ2) is 7.28. The highest BCUT2D eigenvalue weighted by molar-refractivity contribution is 5.76. The molecule has 0 atom stereocenters. The van der Waals surface area contributed by atoms with Gasteiger partial charge < -0.3 is 4.90 Å². The lowest BCUT2D eigenvalue weighted by molar-refractivity contribution is 0.218. The molecule has 1 saturated heterocycles. The highest BCUT2D eigenvalue weighted by Crippen LogP contribution is 2.20. The summed E-state index contributed by atoms with van der Waals surface area (Å²) in [6.45, 7) is 5.17. The quantitative estimate of drug-likeness (QED) is 0.519. The molecule has 0 bridgehead atoms. The summed E-state index contributed by atoms with van der Waals surface area (Å²) in [4.78, 5) is 33.3. The van der Waals surface area contributed by atoms with Crippen molar-refractivity contribution in [2.24, 2.45) is 7.05 Å². The van der Waals surface area contributed by atoms with E-state index in [9.17, 15) is 9.59 Å². The number of aryl methyl sites for hydroxylation is 2. The van der Waals surface area contributed by atoms with E-state index < -0.39 is 0 Å². The predicted octanol–water partition coefficient (Wildman–Crippen LogP) is 1.93. The topological polar surface area (TPSA) is 69.5 Å². The summed E-state index contributed by atoms with van der Waals surface area (Å²) in [6.07, 6.45) is 5.54. The van der Waals surface area contributed by atoms with Gasteiger partial charge >= 0.3 is 5.69 Å². The first-order chi connectivity index (χ1) is 14.6. The van der Waals surface area contributed by atoms with Crippen LogP contribution in [0.2, 0.25) is 0 Å². The molecule has 30 heavy (non-hydrogen) atoms. The van der Waals surface area contributed by atoms with Crippen LogP contribution in [-0.4, -0.2) is 47.6 Å². The second-order valence-corrected chi connectivity index (χ2v) is 8.10. The van der Waals surface area contributed by atoms with Gasteiger partial charge in [-0.2, -0.15) is 4.98 Å². The lowest BCUT2D eigenvalue weighted by Gasteiger charge is -2.26. The minimum atomic E-state index is -0.312. The van der Waals surface area contributed by atoms with Crippen molar-refractivity contribution in [3.63, 3.8) is 0 Å². The Balaban J connectivity index is 1.66. The molecule has 8 heteroatoms. The third-order valence-corrected chi connectivity index (χ3v) is 6.13. The summed E-state index contributed by atoms with van der Waals surface area (Å²) < 4.78 is 6.67. The maximum Gasteiger partial charge on any atom is 0.332 e. The van der Waals surface area contributed by atoms with Crippen LogP contribution in [0, 0.1) is 6.92 Å². The van der Waals surface area contributed by atoms with Crippen molar-refractivity contribution in [3.8, 4) is 5.69 Å². The maximum absolute atomic E-state index is 13.4. The first-order valence-corrected chi connectivity index (χ1v) is 10.5. The molecule has 3 aromatic heterocycles. The van der Waals surface area contributed by atoms with Crippen molar-refractivity contribution in [2.75, 3.05) is 19.6 Å². The van der Waals surface area contributed by atoms with E-state index in [0.29, 0.717) is 30.0 Å². The highest BCUT2D eigenvalue weighted by atomic mass is 16.2. The molecule has 0 amide bonds. The Morgan fingerprint density at radius 3 is 2.47 bits per heavy atom. The molecule has 0 radical (unpaired) electrons. The number of hydrogen-bond donors (Lipinski definition) is 0. The predicted molar refractivity (Wildman–Crippen MR) is 117 cm³/mol. The fraction of sp³-hybridized carbons (Fsp3) is 0.409. The minimum Gasteiger partial charge on any atom is -0.302 e. The molecule has 0 unspecified atom stereocenters. The SMILES string of the molecule is Cc1cn2c3c(=O)n(CCN4CCCCC4)c(=O)n(C)c3nc2n1-c1ccccc1. The van der Waals surface area contributed by atoms with Gasteiger partial charge in [0, 0.05) is 37.7 Å². The molecule has 8 nitrogen and oxygen atoms in total. The number of piperidine rings is 1. The van der Waals surface area contributed by atoms with Crippen LogP contribution in [0.25, 0.3) is 22.6 Å². The Hall–Kier alpha value is -3.13. The molecule has 1 aliphatic rings. The molecule has 5 rings (SSSR count). The minimum absolute atomic E-state index is 0.275. The van der Waals surface area contributed by atoms with Crippen LogP contribution in [0.4, 0.5) is 0 Å². The van der Waals surface area contributed by atoms with Crippen LogP contribution in [0.3, 0.4) is 0 Å². The smallest absolute Gasteiger partial charge is 0.302 e. The van der Waals surface area contributed by atoms with E-state index in [1.807, 2.05) is 52.4 Å². The van der Waals surface area contributed by atoms with Crippen molar-refractivity contribution in [1.82, 2.24) is 28.0 Å². The van der Waals surface area contributed by atoms with Crippen LogP contribution >= 0.6 is 0 Å². The summed E-state index contributed by atoms with van der Waals surface area (Å²) in [5.41, 5.74) is 2.22. The number of aromatic nitrogens is 5. The fourth-order valence-electron chi connectivity index (χ4n) is 4.53. The van der Waals surface area contributed by atoms with Gasteiger partial charge in [0.2, 0.25) is 5.78 Å². The average Bonchev–Trinajstić information content (AvgIpc) is 3.28. The molecular weight excluding hydrogens is 380 g/mol. The van der Waals surface area contributed by atoms with E-state index in [1.165, 1.54) is 28.4 Å². The molecule has 4 aromatic rings. The second-order valence-electron chi connectivity index (χ2n) is 8.10. The van der Waals surface area contributed by atoms with Crippen molar-refractivity contribution >= 4 is 16.9 Å². The van der Waals surface area contributed by atoms with E-state index in [-0.39, 0.29) is 11.2 Å². The summed E-state index contributed by atoms with van der Waals surface area (Å²) in [6, 6.07) is 9.91. The monoisotopic (exact) mass is 406 g/mol. The molecule has 0 saturated carbocycles. The molecule has 1 aliphatic heterocycles. The normalized spacial score (nSPS) is 15.4. The van der Waals surface area contributed by atoms with Crippen LogP contribution < -0.4 is 11.2 Å². The van der Waals surface area contributed by atoms with Gasteiger partial charge in [-0.15, -0.1) is 0 Å². The maximum atomic E-state index is 13.4. The van der Waals surface area contributed by atoms with Crippen LogP contribution in [0.5, 0.6) is 0 Å². The molecule has 1 fully saturated rings. The van der Waals surface area contributed by atoms with Crippen LogP contribution in [0.1, 0.15) is 25.0 Å². The van der Waals surface area contributed by atoms with Crippen molar-refractivity contribution < 1.29 is 0 Å². The third kappa shape index (κ3) is 2.90. The zero-order valence-corrected chi connectivity index (χ0v) is 17.4. The van der Waals surface area contributed by atoms with Gasteiger partial charge in [-0.1, -0.05) is 24.6 Å². The molecule has 0 spiro atoms. The number of rotatable bonds is 4. The average molecular weight is 406 g/mol. The van der Waals surface area contributed by atoms with Gasteiger partial charge in [0.25, 0.3) is 5.56 Å². The van der Waals surface area contributed by atoms with Gasteiger partial charge in [0.1, 0.15) is 0 Å². The van der Waals surface area contributed by atoms with E-state index >= 15 is 0 Å². The lowest BCUT2D eigenvalue weighted by Crippen LogP contribution is -2.43. The van der Waals surface area contributed by atoms with Crippen molar-refractivity contribution in [3.05, 3.63) is 63.1 Å². The Bertz CT molecular complexity index is 1340. The number of fused-ring (bicyclic) bond motifs is 3. The number of hydrogen-bond acceptors (Lipinski definition) is 4. The largest absolute Gasteiger partial charge is 0.332 e. The van der Waals surface area contributed by atoms with Gasteiger partial charge in [-0.05, 0) is 45.0 Å². The number of imidazole rings is 2. The Labute approximate surface area is 173 Å². The number of nitrogens with zero attached hydrogens (tertiary/aromatic N) is 6. The third-order valence-electron chi connectivity index (χ3n) is 6.13. The summed E-state index contributed by atoms with van der Waals surface area (Å²) in [5, 5.41) is 0. The van der Waals surface area contributed by atoms with E-state index in [2.05, 4.69) is 9.88 Å². The Morgan fingerprint density at radius 1 is 1.00 bits per heavy atom. The molecule has 4 heterocycles. The molecule has 156 valence electrons. The Kier molecular flexibility index (Phi) is 4.58. The van der Waals surface area contributed by atoms with Crippen LogP contribution in [-0.2, 0) is 13.6 Å². The van der Waals surface area contributed by atoms with Gasteiger partial charge in [-0.25, -0.2) is 4.79 Å². The number of likely N-dealkylation sites (tertiary alicyclic amines) is 1. The summed E-state index contributed by atoms with van der Waals surface area (Å²) in [5.74, 6) is 0.634. The van der Waals surface area contributed by atoms with Gasteiger partial charge in [-0.3, -0.25) is 22.9 Å². The molecule has 0 N–H and O–H groups in total. The highest BCUT2D eigenvalue weighted by Gasteiger charge is 2.21. The summed E-state index contributed by atoms with van der Waals surface area (Å²) >= 11 is 0.